The number of aromatic hydroxyl groups is 1. The largest absolute Gasteiger partial charge is 0.508 e. The van der Waals surface area contributed by atoms with Crippen LogP contribution in [0.2, 0.25) is 0 Å². The molecule has 0 spiro atoms. The number of hydrogen-bond donors (Lipinski definition) is 2. The van der Waals surface area contributed by atoms with Crippen molar-refractivity contribution in [1.29, 1.82) is 0 Å². The second-order valence-corrected chi connectivity index (χ2v) is 4.55. The minimum absolute atomic E-state index is 0.173. The second-order valence-electron chi connectivity index (χ2n) is 4.55. The molecule has 0 aliphatic carbocycles. The van der Waals surface area contributed by atoms with Crippen LogP contribution >= 0.6 is 0 Å². The number of pyridine rings is 1. The number of nitrogens with one attached hydrogen (secondary N) is 1. The zero-order valence-corrected chi connectivity index (χ0v) is 10.9. The molecular weight excluding hydrogens is 224 g/mol. The molecule has 0 amide bonds. The average molecular weight is 242 g/mol. The molecule has 1 atom stereocenters. The van der Waals surface area contributed by atoms with Gasteiger partial charge in [-0.1, -0.05) is 12.1 Å². The third kappa shape index (κ3) is 2.62. The van der Waals surface area contributed by atoms with Crippen LogP contribution in [0.4, 0.5) is 5.69 Å². The number of phenolic OH excluding ortho intramolecular Hbond substituents is 1. The monoisotopic (exact) mass is 242 g/mol. The summed E-state index contributed by atoms with van der Waals surface area (Å²) in [4.78, 5) is 4.30. The van der Waals surface area contributed by atoms with Crippen LogP contribution in [0, 0.1) is 13.8 Å². The molecule has 94 valence electrons. The summed E-state index contributed by atoms with van der Waals surface area (Å²) in [5.41, 5.74) is 4.40. The maximum Gasteiger partial charge on any atom is 0.115 e. The first-order valence-electron chi connectivity index (χ1n) is 6.05. The maximum atomic E-state index is 9.29. The van der Waals surface area contributed by atoms with Crippen LogP contribution in [0.3, 0.4) is 0 Å². The molecular formula is C15H18N2O. The average Bonchev–Trinajstić information content (AvgIpc) is 2.34. The van der Waals surface area contributed by atoms with E-state index in [1.165, 1.54) is 5.56 Å². The molecule has 0 aliphatic rings. The predicted octanol–water partition coefficient (Wildman–Crippen LogP) is 3.58. The number of phenols is 1. The second kappa shape index (κ2) is 5.08. The highest BCUT2D eigenvalue weighted by atomic mass is 16.3. The fourth-order valence-electron chi connectivity index (χ4n) is 1.98. The van der Waals surface area contributed by atoms with Gasteiger partial charge in [-0.2, -0.15) is 0 Å². The van der Waals surface area contributed by atoms with Crippen LogP contribution in [0.5, 0.6) is 5.75 Å². The Labute approximate surface area is 108 Å². The van der Waals surface area contributed by atoms with E-state index in [1.807, 2.05) is 31.3 Å². The van der Waals surface area contributed by atoms with Gasteiger partial charge in [0.1, 0.15) is 5.75 Å². The molecule has 0 saturated heterocycles. The summed E-state index contributed by atoms with van der Waals surface area (Å²) in [5.74, 6) is 0.291. The van der Waals surface area contributed by atoms with E-state index in [2.05, 4.69) is 24.1 Å². The topological polar surface area (TPSA) is 45.2 Å². The summed E-state index contributed by atoms with van der Waals surface area (Å²) >= 11 is 0. The van der Waals surface area contributed by atoms with Gasteiger partial charge in [0.2, 0.25) is 0 Å². The van der Waals surface area contributed by atoms with Crippen LogP contribution in [0.25, 0.3) is 0 Å². The van der Waals surface area contributed by atoms with Crippen LogP contribution in [0.1, 0.15) is 29.8 Å². The summed E-state index contributed by atoms with van der Waals surface area (Å²) in [6, 6.07) is 9.43. The first-order chi connectivity index (χ1) is 8.58. The Bertz CT molecular complexity index is 514. The quantitative estimate of drug-likeness (QED) is 0.864. The lowest BCUT2D eigenvalue weighted by molar-refractivity contribution is 0.475. The van der Waals surface area contributed by atoms with Gasteiger partial charge in [0, 0.05) is 12.2 Å². The highest BCUT2D eigenvalue weighted by Gasteiger charge is 2.09. The molecule has 1 unspecified atom stereocenters. The molecule has 0 aliphatic heterocycles. The Balaban J connectivity index is 2.21. The van der Waals surface area contributed by atoms with Crippen molar-refractivity contribution in [2.24, 2.45) is 0 Å². The molecule has 3 nitrogen and oxygen atoms in total. The van der Waals surface area contributed by atoms with E-state index >= 15 is 0 Å². The predicted molar refractivity (Wildman–Crippen MR) is 73.9 cm³/mol. The molecule has 1 aromatic carbocycles. The fourth-order valence-corrected chi connectivity index (χ4v) is 1.98. The van der Waals surface area contributed by atoms with E-state index < -0.39 is 0 Å². The molecule has 2 N–H and O–H groups in total. The Hall–Kier alpha value is -2.03. The minimum atomic E-state index is 0.173. The highest BCUT2D eigenvalue weighted by molar-refractivity contribution is 5.55. The lowest BCUT2D eigenvalue weighted by Gasteiger charge is -2.18. The van der Waals surface area contributed by atoms with Crippen LogP contribution in [-0.2, 0) is 0 Å². The molecule has 1 aromatic heterocycles. The van der Waals surface area contributed by atoms with Gasteiger partial charge in [0.05, 0.1) is 11.4 Å². The van der Waals surface area contributed by atoms with Crippen molar-refractivity contribution >= 4 is 5.69 Å². The maximum absolute atomic E-state index is 9.29. The number of anilines is 1. The van der Waals surface area contributed by atoms with E-state index in [-0.39, 0.29) is 6.04 Å². The molecule has 0 saturated carbocycles. The van der Waals surface area contributed by atoms with Crippen molar-refractivity contribution in [3.63, 3.8) is 0 Å². The first kappa shape index (κ1) is 12.4. The summed E-state index contributed by atoms with van der Waals surface area (Å²) < 4.78 is 0. The molecule has 1 heterocycles. The third-order valence-corrected chi connectivity index (χ3v) is 3.10. The van der Waals surface area contributed by atoms with Gasteiger partial charge in [-0.25, -0.2) is 0 Å². The molecule has 18 heavy (non-hydrogen) atoms. The smallest absolute Gasteiger partial charge is 0.115 e. The zero-order chi connectivity index (χ0) is 13.1. The van der Waals surface area contributed by atoms with Gasteiger partial charge in [-0.15, -0.1) is 0 Å². The lowest BCUT2D eigenvalue weighted by atomic mass is 10.1. The number of aryl methyl sites for hydroxylation is 2. The number of nitrogens with zero attached hydrogens (tertiary/aromatic N) is 1. The van der Waals surface area contributed by atoms with Crippen molar-refractivity contribution in [3.05, 3.63) is 53.3 Å². The van der Waals surface area contributed by atoms with E-state index in [4.69, 9.17) is 0 Å². The summed E-state index contributed by atoms with van der Waals surface area (Å²) in [7, 11) is 0. The first-order valence-corrected chi connectivity index (χ1v) is 6.05. The van der Waals surface area contributed by atoms with E-state index in [1.54, 1.807) is 12.1 Å². The molecule has 0 fully saturated rings. The third-order valence-electron chi connectivity index (χ3n) is 3.10. The zero-order valence-electron chi connectivity index (χ0n) is 10.9. The number of hydrogen-bond acceptors (Lipinski definition) is 3. The van der Waals surface area contributed by atoms with Gasteiger partial charge < -0.3 is 10.4 Å². The summed E-state index contributed by atoms with van der Waals surface area (Å²) in [6.45, 7) is 6.16. The van der Waals surface area contributed by atoms with Gasteiger partial charge in [0.15, 0.2) is 0 Å². The molecule has 0 radical (unpaired) electrons. The van der Waals surface area contributed by atoms with E-state index in [0.29, 0.717) is 5.75 Å². The summed E-state index contributed by atoms with van der Waals surface area (Å²) in [5, 5.41) is 12.8. The Morgan fingerprint density at radius 1 is 1.11 bits per heavy atom. The van der Waals surface area contributed by atoms with Crippen LogP contribution < -0.4 is 5.32 Å². The van der Waals surface area contributed by atoms with E-state index in [0.717, 1.165) is 16.9 Å². The minimum Gasteiger partial charge on any atom is -0.508 e. The van der Waals surface area contributed by atoms with Gasteiger partial charge in [0.25, 0.3) is 0 Å². The molecule has 0 bridgehead atoms. The van der Waals surface area contributed by atoms with Crippen LogP contribution in [0.15, 0.2) is 36.5 Å². The number of aromatic nitrogens is 1. The van der Waals surface area contributed by atoms with Gasteiger partial charge in [-0.3, -0.25) is 4.98 Å². The van der Waals surface area contributed by atoms with Crippen molar-refractivity contribution in [2.75, 3.05) is 5.32 Å². The Kier molecular flexibility index (Phi) is 3.51. The van der Waals surface area contributed by atoms with Crippen LogP contribution in [-0.4, -0.2) is 10.1 Å². The molecule has 3 heteroatoms. The summed E-state index contributed by atoms with van der Waals surface area (Å²) in [6.07, 6.45) is 1.82. The van der Waals surface area contributed by atoms with E-state index in [9.17, 15) is 5.11 Å². The SMILES string of the molecule is Cc1ccnc(C)c1NC(C)c1ccc(O)cc1. The standard InChI is InChI=1S/C15H18N2O/c1-10-8-9-16-12(3)15(10)17-11(2)13-4-6-14(18)7-5-13/h4-9,11,17-18H,1-3H3. The number of benzene rings is 1. The van der Waals surface area contributed by atoms with Gasteiger partial charge in [-0.05, 0) is 50.1 Å². The lowest BCUT2D eigenvalue weighted by Crippen LogP contribution is -2.09. The van der Waals surface area contributed by atoms with Gasteiger partial charge >= 0.3 is 0 Å². The number of rotatable bonds is 3. The Morgan fingerprint density at radius 2 is 1.78 bits per heavy atom. The van der Waals surface area contributed by atoms with Crippen molar-refractivity contribution in [1.82, 2.24) is 4.98 Å². The Morgan fingerprint density at radius 3 is 2.39 bits per heavy atom. The molecule has 2 aromatic rings. The van der Waals surface area contributed by atoms with Crippen molar-refractivity contribution in [3.8, 4) is 5.75 Å². The fraction of sp³-hybridized carbons (Fsp3) is 0.267. The normalized spacial score (nSPS) is 12.2. The van der Waals surface area contributed by atoms with Crippen molar-refractivity contribution < 1.29 is 5.11 Å². The van der Waals surface area contributed by atoms with Crippen molar-refractivity contribution in [2.45, 2.75) is 26.8 Å². The highest BCUT2D eigenvalue weighted by Crippen LogP contribution is 2.24. The molecule has 2 rings (SSSR count).